The number of morpholine rings is 1. The summed E-state index contributed by atoms with van der Waals surface area (Å²) in [6.45, 7) is 4.76. The van der Waals surface area contributed by atoms with Gasteiger partial charge in [-0.3, -0.25) is 9.69 Å². The van der Waals surface area contributed by atoms with Crippen molar-refractivity contribution in [1.29, 1.82) is 5.26 Å². The van der Waals surface area contributed by atoms with E-state index in [1.807, 2.05) is 6.92 Å². The number of carbonyl (C=O) groups is 1. The summed E-state index contributed by atoms with van der Waals surface area (Å²) >= 11 is 0. The molecule has 1 N–H and O–H groups in total. The van der Waals surface area contributed by atoms with E-state index in [1.54, 1.807) is 24.3 Å². The van der Waals surface area contributed by atoms with Gasteiger partial charge >= 0.3 is 0 Å². The molecule has 100 valence electrons. The quantitative estimate of drug-likeness (QED) is 0.886. The van der Waals surface area contributed by atoms with Crippen molar-refractivity contribution in [3.8, 4) is 6.07 Å². The minimum absolute atomic E-state index is 0.0583. The van der Waals surface area contributed by atoms with Crippen LogP contribution < -0.4 is 5.32 Å². The van der Waals surface area contributed by atoms with Gasteiger partial charge in [-0.25, -0.2) is 0 Å². The molecular weight excluding hydrogens is 242 g/mol. The van der Waals surface area contributed by atoms with Crippen LogP contribution in [0.25, 0.3) is 0 Å². The van der Waals surface area contributed by atoms with Crippen molar-refractivity contribution in [2.45, 2.75) is 13.0 Å². The molecule has 0 bridgehead atoms. The lowest BCUT2D eigenvalue weighted by molar-refractivity contribution is -0.122. The Balaban J connectivity index is 1.97. The van der Waals surface area contributed by atoms with Crippen LogP contribution in [0.2, 0.25) is 0 Å². The summed E-state index contributed by atoms with van der Waals surface area (Å²) in [6.07, 6.45) is 0. The highest BCUT2D eigenvalue weighted by Gasteiger charge is 2.23. The number of amides is 1. The second-order valence-corrected chi connectivity index (χ2v) is 4.51. The van der Waals surface area contributed by atoms with Gasteiger partial charge in [0.2, 0.25) is 5.91 Å². The number of nitrogens with zero attached hydrogens (tertiary/aromatic N) is 2. The predicted octanol–water partition coefficient (Wildman–Crippen LogP) is 1.22. The van der Waals surface area contributed by atoms with Crippen LogP contribution in [-0.2, 0) is 9.53 Å². The standard InChI is InChI=1S/C14H17N3O2/c1-11(17-5-7-19-8-6-17)14(18)16-13-4-2-3-12(9-13)10-15/h2-4,9,11H,5-8H2,1H3,(H,16,18)/t11-/m0/s1. The summed E-state index contributed by atoms with van der Waals surface area (Å²) in [5.74, 6) is -0.0583. The maximum absolute atomic E-state index is 12.1. The molecule has 19 heavy (non-hydrogen) atoms. The van der Waals surface area contributed by atoms with Crippen LogP contribution in [0.15, 0.2) is 24.3 Å². The highest BCUT2D eigenvalue weighted by atomic mass is 16.5. The first-order valence-electron chi connectivity index (χ1n) is 6.33. The molecule has 0 aliphatic carbocycles. The molecule has 2 rings (SSSR count). The number of nitriles is 1. The molecule has 5 heteroatoms. The average molecular weight is 259 g/mol. The van der Waals surface area contributed by atoms with E-state index in [2.05, 4.69) is 16.3 Å². The van der Waals surface area contributed by atoms with Crippen molar-refractivity contribution in [2.75, 3.05) is 31.6 Å². The molecule has 0 unspecified atom stereocenters. The van der Waals surface area contributed by atoms with Gasteiger partial charge in [0.1, 0.15) is 0 Å². The van der Waals surface area contributed by atoms with Crippen LogP contribution in [0.5, 0.6) is 0 Å². The van der Waals surface area contributed by atoms with Crippen molar-refractivity contribution in [1.82, 2.24) is 4.90 Å². The molecule has 1 aromatic carbocycles. The van der Waals surface area contributed by atoms with Gasteiger partial charge < -0.3 is 10.1 Å². The van der Waals surface area contributed by atoms with E-state index in [-0.39, 0.29) is 11.9 Å². The first-order valence-corrected chi connectivity index (χ1v) is 6.33. The maximum Gasteiger partial charge on any atom is 0.241 e. The monoisotopic (exact) mass is 259 g/mol. The smallest absolute Gasteiger partial charge is 0.241 e. The van der Waals surface area contributed by atoms with E-state index >= 15 is 0 Å². The maximum atomic E-state index is 12.1. The molecule has 5 nitrogen and oxygen atoms in total. The van der Waals surface area contributed by atoms with Crippen molar-refractivity contribution in [3.05, 3.63) is 29.8 Å². The summed E-state index contributed by atoms with van der Waals surface area (Å²) < 4.78 is 5.27. The minimum atomic E-state index is -0.199. The second-order valence-electron chi connectivity index (χ2n) is 4.51. The van der Waals surface area contributed by atoms with E-state index in [4.69, 9.17) is 10.00 Å². The van der Waals surface area contributed by atoms with Gasteiger partial charge in [0, 0.05) is 18.8 Å². The van der Waals surface area contributed by atoms with E-state index in [9.17, 15) is 4.79 Å². The zero-order valence-corrected chi connectivity index (χ0v) is 10.9. The fraction of sp³-hybridized carbons (Fsp3) is 0.429. The summed E-state index contributed by atoms with van der Waals surface area (Å²) in [5, 5.41) is 11.7. The highest BCUT2D eigenvalue weighted by molar-refractivity contribution is 5.94. The molecule has 0 radical (unpaired) electrons. The predicted molar refractivity (Wildman–Crippen MR) is 71.6 cm³/mol. The van der Waals surface area contributed by atoms with E-state index < -0.39 is 0 Å². The third kappa shape index (κ3) is 3.53. The van der Waals surface area contributed by atoms with Gasteiger partial charge in [-0.15, -0.1) is 0 Å². The molecule has 1 aliphatic rings. The van der Waals surface area contributed by atoms with Gasteiger partial charge in [0.25, 0.3) is 0 Å². The first kappa shape index (κ1) is 13.5. The Morgan fingerprint density at radius 2 is 2.21 bits per heavy atom. The van der Waals surface area contributed by atoms with Crippen LogP contribution in [0.3, 0.4) is 0 Å². The van der Waals surface area contributed by atoms with Crippen LogP contribution >= 0.6 is 0 Å². The zero-order valence-electron chi connectivity index (χ0n) is 10.9. The summed E-state index contributed by atoms with van der Waals surface area (Å²) in [6, 6.07) is 8.78. The lowest BCUT2D eigenvalue weighted by Gasteiger charge is -2.31. The molecule has 1 amide bonds. The lowest BCUT2D eigenvalue weighted by Crippen LogP contribution is -2.47. The van der Waals surface area contributed by atoms with Crippen molar-refractivity contribution >= 4 is 11.6 Å². The Bertz CT molecular complexity index is 490. The third-order valence-corrected chi connectivity index (χ3v) is 3.23. The zero-order chi connectivity index (χ0) is 13.7. The molecule has 0 spiro atoms. The molecule has 1 aliphatic heterocycles. The van der Waals surface area contributed by atoms with Gasteiger partial charge in [-0.2, -0.15) is 5.26 Å². The van der Waals surface area contributed by atoms with Gasteiger partial charge in [-0.1, -0.05) is 6.07 Å². The molecule has 1 saturated heterocycles. The van der Waals surface area contributed by atoms with Gasteiger partial charge in [0.15, 0.2) is 0 Å². The summed E-state index contributed by atoms with van der Waals surface area (Å²) in [4.78, 5) is 14.2. The Kier molecular flexibility index (Phi) is 4.50. The van der Waals surface area contributed by atoms with E-state index in [0.29, 0.717) is 24.5 Å². The molecule has 0 saturated carbocycles. The molecule has 1 heterocycles. The normalized spacial score (nSPS) is 17.5. The van der Waals surface area contributed by atoms with E-state index in [1.165, 1.54) is 0 Å². The van der Waals surface area contributed by atoms with Crippen LogP contribution in [-0.4, -0.2) is 43.2 Å². The Morgan fingerprint density at radius 1 is 1.47 bits per heavy atom. The Labute approximate surface area is 112 Å². The van der Waals surface area contributed by atoms with Crippen molar-refractivity contribution < 1.29 is 9.53 Å². The van der Waals surface area contributed by atoms with Crippen LogP contribution in [0.4, 0.5) is 5.69 Å². The second kappa shape index (κ2) is 6.32. The number of anilines is 1. The lowest BCUT2D eigenvalue weighted by atomic mass is 10.2. The topological polar surface area (TPSA) is 65.4 Å². The molecule has 1 fully saturated rings. The first-order chi connectivity index (χ1) is 9.20. The van der Waals surface area contributed by atoms with Crippen LogP contribution in [0, 0.1) is 11.3 Å². The SMILES string of the molecule is C[C@@H](C(=O)Nc1cccc(C#N)c1)N1CCOCC1. The number of ether oxygens (including phenoxy) is 1. The largest absolute Gasteiger partial charge is 0.379 e. The number of carbonyl (C=O) groups excluding carboxylic acids is 1. The number of hydrogen-bond acceptors (Lipinski definition) is 4. The van der Waals surface area contributed by atoms with Crippen molar-refractivity contribution in [3.63, 3.8) is 0 Å². The fourth-order valence-electron chi connectivity index (χ4n) is 2.04. The number of benzene rings is 1. The average Bonchev–Trinajstić information content (AvgIpc) is 2.47. The van der Waals surface area contributed by atoms with Gasteiger partial charge in [-0.05, 0) is 25.1 Å². The minimum Gasteiger partial charge on any atom is -0.379 e. The Hall–Kier alpha value is -1.90. The Morgan fingerprint density at radius 3 is 2.89 bits per heavy atom. The van der Waals surface area contributed by atoms with Crippen LogP contribution in [0.1, 0.15) is 12.5 Å². The molecule has 1 atom stereocenters. The number of nitrogens with one attached hydrogen (secondary N) is 1. The fourth-order valence-corrected chi connectivity index (χ4v) is 2.04. The molecule has 1 aromatic rings. The van der Waals surface area contributed by atoms with E-state index in [0.717, 1.165) is 13.1 Å². The third-order valence-electron chi connectivity index (χ3n) is 3.23. The van der Waals surface area contributed by atoms with Gasteiger partial charge in [0.05, 0.1) is 30.9 Å². The summed E-state index contributed by atoms with van der Waals surface area (Å²) in [7, 11) is 0. The summed E-state index contributed by atoms with van der Waals surface area (Å²) in [5.41, 5.74) is 1.20. The molecular formula is C14H17N3O2. The van der Waals surface area contributed by atoms with Crippen molar-refractivity contribution in [2.24, 2.45) is 0 Å². The number of hydrogen-bond donors (Lipinski definition) is 1. The highest BCUT2D eigenvalue weighted by Crippen LogP contribution is 2.12. The molecule has 0 aromatic heterocycles. The number of rotatable bonds is 3.